The number of imide groups is 1. The number of carbonyl (C=O) groups excluding carboxylic acids is 4. The van der Waals surface area contributed by atoms with E-state index in [0.717, 1.165) is 4.90 Å². The van der Waals surface area contributed by atoms with Gasteiger partial charge in [0.2, 0.25) is 11.8 Å². The van der Waals surface area contributed by atoms with E-state index in [2.05, 4.69) is 17.2 Å². The van der Waals surface area contributed by atoms with Gasteiger partial charge in [-0.05, 0) is 100 Å². The molecule has 3 amide bonds. The Kier molecular flexibility index (Phi) is 14.4. The Bertz CT molecular complexity index is 3350. The maximum absolute atomic E-state index is 16.7. The van der Waals surface area contributed by atoms with Gasteiger partial charge in [0.15, 0.2) is 0 Å². The summed E-state index contributed by atoms with van der Waals surface area (Å²) in [4.78, 5) is 76.8. The summed E-state index contributed by atoms with van der Waals surface area (Å²) < 4.78 is 23.8. The number of fused-ring (bicyclic) bond motifs is 3. The van der Waals surface area contributed by atoms with Gasteiger partial charge in [-0.3, -0.25) is 29.4 Å². The highest BCUT2D eigenvalue weighted by Gasteiger charge is 2.76. The minimum absolute atomic E-state index is 0.0394. The average molecular weight is 1020 g/mol. The number of hydrogen-bond donors (Lipinski definition) is 3. The Labute approximate surface area is 437 Å². The number of amides is 3. The first kappa shape index (κ1) is 50.4. The number of esters is 1. The van der Waals surface area contributed by atoms with Crippen molar-refractivity contribution in [2.24, 2.45) is 5.92 Å². The minimum atomic E-state index is -2.22. The van der Waals surface area contributed by atoms with Gasteiger partial charge in [0.1, 0.15) is 42.3 Å². The zero-order chi connectivity index (χ0) is 52.9. The van der Waals surface area contributed by atoms with Crippen LogP contribution >= 0.6 is 0 Å². The van der Waals surface area contributed by atoms with Crippen LogP contribution in [0.2, 0.25) is 0 Å². The van der Waals surface area contributed by atoms with Gasteiger partial charge < -0.3 is 34.5 Å². The van der Waals surface area contributed by atoms with E-state index >= 15 is 14.4 Å². The molecule has 16 nitrogen and oxygen atoms in total. The Balaban J connectivity index is 1.23. The van der Waals surface area contributed by atoms with Gasteiger partial charge in [0.25, 0.3) is 5.69 Å². The van der Waals surface area contributed by atoms with Crippen LogP contribution in [0.5, 0.6) is 11.5 Å². The van der Waals surface area contributed by atoms with E-state index in [-0.39, 0.29) is 36.7 Å². The molecule has 0 saturated carbocycles. The number of aliphatic hydroxyl groups excluding tert-OH is 2. The van der Waals surface area contributed by atoms with Crippen molar-refractivity contribution in [2.75, 3.05) is 31.8 Å². The summed E-state index contributed by atoms with van der Waals surface area (Å²) in [5.74, 6) is 3.05. The number of ether oxygens (including phenoxy) is 4. The van der Waals surface area contributed by atoms with Gasteiger partial charge in [-0.15, -0.1) is 0 Å². The number of morpholine rings is 1. The normalized spacial score (nSPS) is 20.8. The summed E-state index contributed by atoms with van der Waals surface area (Å²) in [6, 6.07) is 47.5. The van der Waals surface area contributed by atoms with Crippen LogP contribution in [0.25, 0.3) is 0 Å². The molecule has 10 rings (SSSR count). The molecule has 0 bridgehead atoms. The van der Waals surface area contributed by atoms with Gasteiger partial charge >= 0.3 is 12.1 Å². The van der Waals surface area contributed by atoms with Crippen LogP contribution in [0, 0.1) is 27.9 Å². The smallest absolute Gasteiger partial charge is 0.421 e. The molecule has 7 aromatic carbocycles. The second-order valence-electron chi connectivity index (χ2n) is 18.4. The van der Waals surface area contributed by atoms with Crippen molar-refractivity contribution in [2.45, 2.75) is 42.4 Å². The van der Waals surface area contributed by atoms with E-state index in [1.54, 1.807) is 104 Å². The number of aliphatic hydroxyl groups is 2. The quantitative estimate of drug-likeness (QED) is 0.0407. The number of hydrogen-bond acceptors (Lipinski definition) is 13. The molecule has 0 aromatic heterocycles. The third kappa shape index (κ3) is 9.50. The summed E-state index contributed by atoms with van der Waals surface area (Å²) in [5.41, 5.74) is 1.40. The fourth-order valence-electron chi connectivity index (χ4n) is 10.7. The first-order valence-corrected chi connectivity index (χ1v) is 24.5. The van der Waals surface area contributed by atoms with Gasteiger partial charge in [0.05, 0.1) is 48.4 Å². The number of nitro groups is 1. The lowest BCUT2D eigenvalue weighted by Crippen LogP contribution is -2.56. The van der Waals surface area contributed by atoms with E-state index in [0.29, 0.717) is 50.4 Å². The third-order valence-corrected chi connectivity index (χ3v) is 14.1. The summed E-state index contributed by atoms with van der Waals surface area (Å²) in [6.45, 7) is -1.13. The first-order valence-electron chi connectivity index (χ1n) is 24.5. The van der Waals surface area contributed by atoms with Crippen LogP contribution in [-0.4, -0.2) is 76.8 Å². The molecule has 3 N–H and O–H groups in total. The number of rotatable bonds is 14. The maximum atomic E-state index is 16.7. The topological polar surface area (TPSA) is 207 Å². The SMILES string of the molecule is COc1ccc(C#Cc2ccc3c(c2)[C@]2(C(=O)N3C(=O)OCc3ccc([N+](=O)[O-])cc3)[C@H](c3cccc(OCCO)c3)N3[C@H](c4ccccc4)[C@H](c4ccccc4)OC(=O)[C@H]3[C@@H]2C(=O)NC[C@H](O)c2ccccc2)cc1. The number of methoxy groups -OCH3 is 1. The molecule has 2 saturated heterocycles. The lowest BCUT2D eigenvalue weighted by Gasteiger charge is -2.46. The molecule has 0 radical (unpaired) electrons. The number of cyclic esters (lactones) is 1. The molecule has 0 aliphatic carbocycles. The minimum Gasteiger partial charge on any atom is -0.497 e. The van der Waals surface area contributed by atoms with Crippen molar-refractivity contribution in [3.05, 3.63) is 237 Å². The van der Waals surface area contributed by atoms with Crippen LogP contribution in [0.3, 0.4) is 0 Å². The van der Waals surface area contributed by atoms with Gasteiger partial charge in [-0.1, -0.05) is 115 Å². The number of carbonyl (C=O) groups is 4. The molecule has 7 aromatic rings. The zero-order valence-electron chi connectivity index (χ0n) is 40.9. The van der Waals surface area contributed by atoms with Crippen molar-refractivity contribution in [3.63, 3.8) is 0 Å². The Morgan fingerprint density at radius 3 is 2.08 bits per heavy atom. The Hall–Kier alpha value is -9.14. The maximum Gasteiger partial charge on any atom is 0.421 e. The lowest BCUT2D eigenvalue weighted by atomic mass is 9.65. The number of non-ortho nitro benzene ring substituents is 1. The van der Waals surface area contributed by atoms with Crippen molar-refractivity contribution < 1.29 is 53.3 Å². The highest BCUT2D eigenvalue weighted by Crippen LogP contribution is 2.66. The molecule has 2 fully saturated rings. The first-order chi connectivity index (χ1) is 37.0. The molecule has 76 heavy (non-hydrogen) atoms. The fraction of sp³-hybridized carbons (Fsp3) is 0.200. The molecule has 0 unspecified atom stereocenters. The number of nitrogens with one attached hydrogen (secondary N) is 1. The number of nitrogens with zero attached hydrogens (tertiary/aromatic N) is 3. The standard InChI is InChI=1S/C60H50N4O12/c1-73-46-29-24-38(25-30-46)20-21-39-26-31-49-48(34-39)60(58(69)62(49)59(70)75-37-40-22-27-45(28-23-40)64(71)72)51(56(67)61-36-50(66)41-12-5-2-6-13-41)53-57(68)76-54(43-16-9-4-10-17-43)52(42-14-7-3-8-15-42)63(53)55(60)44-18-11-19-47(35-44)74-33-32-65/h2-19,22-31,34-35,50-55,65-66H,32-33,36-37H2,1H3,(H,61,67)/t50-,51+,52+,53+,54-,55-,60+/m0/s1. The van der Waals surface area contributed by atoms with Crippen molar-refractivity contribution in [3.8, 4) is 23.3 Å². The van der Waals surface area contributed by atoms with E-state index in [1.165, 1.54) is 24.3 Å². The Morgan fingerprint density at radius 1 is 0.763 bits per heavy atom. The molecule has 3 aliphatic rings. The highest BCUT2D eigenvalue weighted by atomic mass is 16.6. The van der Waals surface area contributed by atoms with Crippen LogP contribution in [0.15, 0.2) is 182 Å². The predicted molar refractivity (Wildman–Crippen MR) is 278 cm³/mol. The largest absolute Gasteiger partial charge is 0.497 e. The molecular weight excluding hydrogens is 969 g/mol. The van der Waals surface area contributed by atoms with Gasteiger partial charge in [0, 0.05) is 29.8 Å². The van der Waals surface area contributed by atoms with Crippen LogP contribution in [0.1, 0.15) is 68.8 Å². The van der Waals surface area contributed by atoms with Gasteiger partial charge in [-0.2, -0.15) is 0 Å². The van der Waals surface area contributed by atoms with E-state index in [1.807, 2.05) is 65.6 Å². The fourth-order valence-corrected chi connectivity index (χ4v) is 10.7. The van der Waals surface area contributed by atoms with Crippen molar-refractivity contribution in [1.29, 1.82) is 0 Å². The van der Waals surface area contributed by atoms with E-state index in [4.69, 9.17) is 18.9 Å². The van der Waals surface area contributed by atoms with Crippen molar-refractivity contribution >= 4 is 35.3 Å². The third-order valence-electron chi connectivity index (χ3n) is 14.1. The molecule has 1 spiro atoms. The number of benzene rings is 7. The number of anilines is 1. The second-order valence-corrected chi connectivity index (χ2v) is 18.4. The van der Waals surface area contributed by atoms with E-state index < -0.39 is 77.1 Å². The molecule has 7 atom stereocenters. The summed E-state index contributed by atoms with van der Waals surface area (Å²) >= 11 is 0. The van der Waals surface area contributed by atoms with Crippen LogP contribution in [-0.2, 0) is 35.9 Å². The summed E-state index contributed by atoms with van der Waals surface area (Å²) in [5, 5.41) is 35.8. The lowest BCUT2D eigenvalue weighted by molar-refractivity contribution is -0.384. The molecular formula is C60H50N4O12. The highest BCUT2D eigenvalue weighted by molar-refractivity contribution is 6.23. The van der Waals surface area contributed by atoms with Crippen LogP contribution < -0.4 is 19.7 Å². The summed E-state index contributed by atoms with van der Waals surface area (Å²) in [6.07, 6.45) is -3.36. The van der Waals surface area contributed by atoms with Gasteiger partial charge in [-0.25, -0.2) is 9.69 Å². The molecule has 382 valence electrons. The van der Waals surface area contributed by atoms with Crippen LogP contribution in [0.4, 0.5) is 16.2 Å². The molecule has 3 aliphatic heterocycles. The van der Waals surface area contributed by atoms with Crippen molar-refractivity contribution in [1.82, 2.24) is 10.2 Å². The number of nitro benzene ring substituents is 1. The summed E-state index contributed by atoms with van der Waals surface area (Å²) in [7, 11) is 1.56. The monoisotopic (exact) mass is 1020 g/mol. The van der Waals surface area contributed by atoms with E-state index in [9.17, 15) is 25.1 Å². The Morgan fingerprint density at radius 2 is 1.41 bits per heavy atom. The molecule has 16 heteroatoms. The second kappa shape index (κ2) is 21.8. The average Bonchev–Trinajstić information content (AvgIpc) is 4.12. The molecule has 3 heterocycles. The predicted octanol–water partition coefficient (Wildman–Crippen LogP) is 8.23. The zero-order valence-corrected chi connectivity index (χ0v) is 40.9.